The maximum Gasteiger partial charge on any atom is 0.129 e. The zero-order valence-electron chi connectivity index (χ0n) is 10.9. The second-order valence-electron chi connectivity index (χ2n) is 4.18. The van der Waals surface area contributed by atoms with Crippen LogP contribution in [0, 0.1) is 5.82 Å². The summed E-state index contributed by atoms with van der Waals surface area (Å²) < 4.78 is 13.9. The molecule has 1 N–H and O–H groups in total. The molecule has 0 bridgehead atoms. The van der Waals surface area contributed by atoms with E-state index in [4.69, 9.17) is 0 Å². The van der Waals surface area contributed by atoms with Crippen LogP contribution in [0.2, 0.25) is 0 Å². The molecule has 3 heteroatoms. The van der Waals surface area contributed by atoms with Gasteiger partial charge in [-0.2, -0.15) is 0 Å². The minimum absolute atomic E-state index is 0.0792. The van der Waals surface area contributed by atoms with E-state index in [1.807, 2.05) is 13.0 Å². The van der Waals surface area contributed by atoms with E-state index in [2.05, 4.69) is 19.2 Å². The van der Waals surface area contributed by atoms with Crippen molar-refractivity contribution in [2.75, 3.05) is 12.3 Å². The summed E-state index contributed by atoms with van der Waals surface area (Å²) in [6, 6.07) is 5.44. The molecule has 1 nitrogen and oxygen atoms in total. The lowest BCUT2D eigenvalue weighted by molar-refractivity contribution is 0.519. The third-order valence-corrected chi connectivity index (χ3v) is 3.89. The van der Waals surface area contributed by atoms with Gasteiger partial charge in [-0.25, -0.2) is 4.39 Å². The van der Waals surface area contributed by atoms with E-state index in [0.29, 0.717) is 0 Å². The Hall–Kier alpha value is -0.540. The number of nitrogens with one attached hydrogen (secondary N) is 1. The first kappa shape index (κ1) is 14.5. The van der Waals surface area contributed by atoms with Gasteiger partial charge in [-0.3, -0.25) is 0 Å². The van der Waals surface area contributed by atoms with Gasteiger partial charge in [0.15, 0.2) is 0 Å². The molecule has 0 heterocycles. The fraction of sp³-hybridized carbons (Fsp3) is 0.571. The summed E-state index contributed by atoms with van der Waals surface area (Å²) in [4.78, 5) is 1.07. The maximum atomic E-state index is 13.9. The largest absolute Gasteiger partial charge is 0.310 e. The van der Waals surface area contributed by atoms with Crippen LogP contribution in [0.25, 0.3) is 0 Å². The molecular weight excluding hydrogens is 233 g/mol. The minimum Gasteiger partial charge on any atom is -0.310 e. The van der Waals surface area contributed by atoms with Gasteiger partial charge < -0.3 is 5.32 Å². The van der Waals surface area contributed by atoms with Crippen molar-refractivity contribution in [3.63, 3.8) is 0 Å². The highest BCUT2D eigenvalue weighted by atomic mass is 32.2. The lowest BCUT2D eigenvalue weighted by atomic mass is 10.1. The Labute approximate surface area is 108 Å². The molecule has 0 radical (unpaired) electrons. The van der Waals surface area contributed by atoms with E-state index < -0.39 is 0 Å². The standard InChI is InChI=1S/C14H22FNS/c1-4-9-16-11(3)14-12(15)7-6-8-13(14)17-10-5-2/h6-8,11,16H,4-5,9-10H2,1-3H3. The summed E-state index contributed by atoms with van der Waals surface area (Å²) in [7, 11) is 0. The smallest absolute Gasteiger partial charge is 0.129 e. The van der Waals surface area contributed by atoms with Crippen molar-refractivity contribution in [1.29, 1.82) is 0 Å². The molecule has 0 saturated carbocycles. The average Bonchev–Trinajstić information content (AvgIpc) is 2.33. The van der Waals surface area contributed by atoms with Crippen molar-refractivity contribution >= 4 is 11.8 Å². The molecule has 1 rings (SSSR count). The van der Waals surface area contributed by atoms with Gasteiger partial charge in [-0.1, -0.05) is 19.9 Å². The molecule has 0 saturated heterocycles. The Morgan fingerprint density at radius 1 is 1.29 bits per heavy atom. The molecule has 1 aromatic rings. The van der Waals surface area contributed by atoms with E-state index in [1.54, 1.807) is 23.9 Å². The average molecular weight is 255 g/mol. The van der Waals surface area contributed by atoms with E-state index in [-0.39, 0.29) is 11.9 Å². The molecule has 0 aliphatic rings. The fourth-order valence-corrected chi connectivity index (χ4v) is 2.77. The Morgan fingerprint density at radius 3 is 2.71 bits per heavy atom. The van der Waals surface area contributed by atoms with Gasteiger partial charge in [0.25, 0.3) is 0 Å². The highest BCUT2D eigenvalue weighted by molar-refractivity contribution is 7.99. The van der Waals surface area contributed by atoms with Crippen molar-refractivity contribution in [3.8, 4) is 0 Å². The third-order valence-electron chi connectivity index (χ3n) is 2.61. The molecule has 0 aliphatic heterocycles. The van der Waals surface area contributed by atoms with Crippen LogP contribution < -0.4 is 5.32 Å². The molecule has 0 amide bonds. The van der Waals surface area contributed by atoms with Crippen LogP contribution in [-0.2, 0) is 0 Å². The molecule has 1 aromatic carbocycles. The summed E-state index contributed by atoms with van der Waals surface area (Å²) in [5.41, 5.74) is 0.819. The van der Waals surface area contributed by atoms with Crippen LogP contribution >= 0.6 is 11.8 Å². The first-order valence-electron chi connectivity index (χ1n) is 6.35. The van der Waals surface area contributed by atoms with E-state index in [0.717, 1.165) is 35.6 Å². The van der Waals surface area contributed by atoms with E-state index in [9.17, 15) is 4.39 Å². The number of thioether (sulfide) groups is 1. The SMILES string of the molecule is CCCNC(C)c1c(F)cccc1SCCC. The van der Waals surface area contributed by atoms with Crippen molar-refractivity contribution in [2.24, 2.45) is 0 Å². The van der Waals surface area contributed by atoms with Gasteiger partial charge in [0.2, 0.25) is 0 Å². The van der Waals surface area contributed by atoms with Gasteiger partial charge in [0.05, 0.1) is 0 Å². The molecule has 0 aromatic heterocycles. The van der Waals surface area contributed by atoms with Crippen molar-refractivity contribution in [2.45, 2.75) is 44.6 Å². The monoisotopic (exact) mass is 255 g/mol. The topological polar surface area (TPSA) is 12.0 Å². The van der Waals surface area contributed by atoms with Crippen LogP contribution in [-0.4, -0.2) is 12.3 Å². The summed E-state index contributed by atoms with van der Waals surface area (Å²) in [6.45, 7) is 7.22. The van der Waals surface area contributed by atoms with Gasteiger partial charge in [0.1, 0.15) is 5.82 Å². The van der Waals surface area contributed by atoms with E-state index in [1.165, 1.54) is 0 Å². The van der Waals surface area contributed by atoms with Crippen molar-refractivity contribution in [1.82, 2.24) is 5.32 Å². The van der Waals surface area contributed by atoms with Crippen LogP contribution in [0.4, 0.5) is 4.39 Å². The van der Waals surface area contributed by atoms with Crippen LogP contribution in [0.15, 0.2) is 23.1 Å². The number of hydrogen-bond acceptors (Lipinski definition) is 2. The molecule has 0 aliphatic carbocycles. The number of halogens is 1. The van der Waals surface area contributed by atoms with Crippen molar-refractivity contribution < 1.29 is 4.39 Å². The lowest BCUT2D eigenvalue weighted by Crippen LogP contribution is -2.21. The Kier molecular flexibility index (Phi) is 6.60. The predicted octanol–water partition coefficient (Wildman–Crippen LogP) is 4.39. The lowest BCUT2D eigenvalue weighted by Gasteiger charge is -2.18. The first-order valence-corrected chi connectivity index (χ1v) is 7.33. The number of hydrogen-bond donors (Lipinski definition) is 1. The van der Waals surface area contributed by atoms with Crippen LogP contribution in [0.3, 0.4) is 0 Å². The zero-order valence-corrected chi connectivity index (χ0v) is 11.7. The van der Waals surface area contributed by atoms with Gasteiger partial charge in [-0.15, -0.1) is 11.8 Å². The van der Waals surface area contributed by atoms with Crippen LogP contribution in [0.1, 0.15) is 45.2 Å². The maximum absolute atomic E-state index is 13.9. The molecule has 1 atom stereocenters. The molecule has 1 unspecified atom stereocenters. The van der Waals surface area contributed by atoms with Gasteiger partial charge in [-0.05, 0) is 44.2 Å². The van der Waals surface area contributed by atoms with Gasteiger partial charge in [0, 0.05) is 16.5 Å². The zero-order chi connectivity index (χ0) is 12.7. The summed E-state index contributed by atoms with van der Waals surface area (Å²) in [6.07, 6.45) is 2.17. The molecule has 96 valence electrons. The predicted molar refractivity (Wildman–Crippen MR) is 74.1 cm³/mol. The first-order chi connectivity index (χ1) is 8.20. The van der Waals surface area contributed by atoms with Gasteiger partial charge >= 0.3 is 0 Å². The van der Waals surface area contributed by atoms with E-state index >= 15 is 0 Å². The Balaban J connectivity index is 2.85. The number of rotatable bonds is 7. The second-order valence-corrected chi connectivity index (χ2v) is 5.31. The second kappa shape index (κ2) is 7.72. The quantitative estimate of drug-likeness (QED) is 0.725. The minimum atomic E-state index is -0.0952. The third kappa shape index (κ3) is 4.32. The Morgan fingerprint density at radius 2 is 2.06 bits per heavy atom. The molecular formula is C14H22FNS. The normalized spacial score (nSPS) is 12.7. The summed E-state index contributed by atoms with van der Waals surface area (Å²) in [5.74, 6) is 0.943. The fourth-order valence-electron chi connectivity index (χ4n) is 1.74. The molecule has 0 fully saturated rings. The molecule has 0 spiro atoms. The Bertz CT molecular complexity index is 341. The van der Waals surface area contributed by atoms with Crippen molar-refractivity contribution in [3.05, 3.63) is 29.6 Å². The number of benzene rings is 1. The molecule has 17 heavy (non-hydrogen) atoms. The van der Waals surface area contributed by atoms with Crippen LogP contribution in [0.5, 0.6) is 0 Å². The summed E-state index contributed by atoms with van der Waals surface area (Å²) in [5, 5.41) is 3.35. The highest BCUT2D eigenvalue weighted by Gasteiger charge is 2.14. The summed E-state index contributed by atoms with van der Waals surface area (Å²) >= 11 is 1.74. The highest BCUT2D eigenvalue weighted by Crippen LogP contribution is 2.30.